The molecule has 0 atom stereocenters. The van der Waals surface area contributed by atoms with E-state index in [9.17, 15) is 15.0 Å². The van der Waals surface area contributed by atoms with Gasteiger partial charge in [0.25, 0.3) is 0 Å². The van der Waals surface area contributed by atoms with E-state index in [0.717, 1.165) is 34.7 Å². The van der Waals surface area contributed by atoms with Gasteiger partial charge in [0.2, 0.25) is 0 Å². The van der Waals surface area contributed by atoms with Crippen molar-refractivity contribution in [3.05, 3.63) is 59.0 Å². The Kier molecular flexibility index (Phi) is 6.77. The summed E-state index contributed by atoms with van der Waals surface area (Å²) in [6.07, 6.45) is 2.46. The van der Waals surface area contributed by atoms with Crippen molar-refractivity contribution in [2.24, 2.45) is 0 Å². The van der Waals surface area contributed by atoms with Gasteiger partial charge in [0.1, 0.15) is 17.2 Å². The molecule has 6 heteroatoms. The molecule has 5 nitrogen and oxygen atoms in total. The van der Waals surface area contributed by atoms with Gasteiger partial charge < -0.3 is 19.8 Å². The molecule has 1 aliphatic rings. The van der Waals surface area contributed by atoms with E-state index in [-0.39, 0.29) is 18.6 Å². The number of aliphatic hydroxyl groups is 1. The quantitative estimate of drug-likeness (QED) is 0.445. The minimum atomic E-state index is -0.915. The van der Waals surface area contributed by atoms with Crippen LogP contribution in [0.3, 0.4) is 0 Å². The van der Waals surface area contributed by atoms with Crippen LogP contribution < -0.4 is 9.64 Å². The molecule has 0 saturated carbocycles. The molecule has 0 bridgehead atoms. The number of ether oxygens (including phenoxy) is 1. The number of benzene rings is 2. The van der Waals surface area contributed by atoms with Gasteiger partial charge in [0.05, 0.1) is 6.61 Å². The van der Waals surface area contributed by atoms with Crippen molar-refractivity contribution < 1.29 is 19.7 Å². The number of carboxylic acids is 1. The summed E-state index contributed by atoms with van der Waals surface area (Å²) in [5.74, 6) is -0.210. The number of hydrogen-bond acceptors (Lipinski definition) is 5. The molecule has 2 aromatic carbocycles. The Morgan fingerprint density at radius 1 is 1.03 bits per heavy atom. The summed E-state index contributed by atoms with van der Waals surface area (Å²) in [5.41, 5.74) is 5.49. The zero-order valence-corrected chi connectivity index (χ0v) is 20.2. The first-order valence-corrected chi connectivity index (χ1v) is 12.2. The van der Waals surface area contributed by atoms with Crippen LogP contribution in [0.15, 0.2) is 48.5 Å². The summed E-state index contributed by atoms with van der Waals surface area (Å²) in [7, 11) is 0. The highest BCUT2D eigenvalue weighted by Gasteiger charge is 2.24. The Hall–Kier alpha value is -2.83. The summed E-state index contributed by atoms with van der Waals surface area (Å²) >= 11 is 1.26. The van der Waals surface area contributed by atoms with Crippen molar-refractivity contribution in [2.75, 3.05) is 31.2 Å². The van der Waals surface area contributed by atoms with E-state index in [1.165, 1.54) is 35.4 Å². The number of aromatic carboxylic acids is 1. The van der Waals surface area contributed by atoms with E-state index in [1.54, 1.807) is 6.07 Å². The molecule has 1 aromatic heterocycles. The van der Waals surface area contributed by atoms with E-state index in [1.807, 2.05) is 18.2 Å². The van der Waals surface area contributed by atoms with Crippen molar-refractivity contribution in [2.45, 2.75) is 39.0 Å². The van der Waals surface area contributed by atoms with Crippen LogP contribution in [0, 0.1) is 0 Å². The fraction of sp³-hybridized carbons (Fsp3) is 0.370. The van der Waals surface area contributed by atoms with Crippen molar-refractivity contribution in [3.63, 3.8) is 0 Å². The van der Waals surface area contributed by atoms with Gasteiger partial charge in [-0.05, 0) is 77.4 Å². The smallest absolute Gasteiger partial charge is 0.345 e. The Bertz CT molecular complexity index is 1140. The topological polar surface area (TPSA) is 70.0 Å². The Morgan fingerprint density at radius 2 is 1.76 bits per heavy atom. The maximum absolute atomic E-state index is 11.3. The van der Waals surface area contributed by atoms with E-state index >= 15 is 0 Å². The molecular weight excluding hydrogens is 434 g/mol. The zero-order valence-electron chi connectivity index (χ0n) is 19.4. The van der Waals surface area contributed by atoms with Gasteiger partial charge in [-0.3, -0.25) is 0 Å². The lowest BCUT2D eigenvalue weighted by atomic mass is 9.83. The molecule has 0 spiro atoms. The summed E-state index contributed by atoms with van der Waals surface area (Å²) in [6, 6.07) is 16.0. The van der Waals surface area contributed by atoms with Crippen LogP contribution >= 0.6 is 11.3 Å². The monoisotopic (exact) mass is 465 g/mol. The van der Waals surface area contributed by atoms with Gasteiger partial charge in [-0.2, -0.15) is 0 Å². The molecular formula is C27H31NO4S. The molecule has 1 fully saturated rings. The molecule has 2 N–H and O–H groups in total. The minimum absolute atomic E-state index is 0.0260. The van der Waals surface area contributed by atoms with E-state index in [0.29, 0.717) is 10.6 Å². The fourth-order valence-corrected chi connectivity index (χ4v) is 5.18. The summed E-state index contributed by atoms with van der Waals surface area (Å²) < 4.78 is 5.88. The second-order valence-corrected chi connectivity index (χ2v) is 10.5. The lowest BCUT2D eigenvalue weighted by Gasteiger charge is -2.29. The lowest BCUT2D eigenvalue weighted by Crippen LogP contribution is -2.23. The number of rotatable bonds is 7. The van der Waals surface area contributed by atoms with Crippen LogP contribution in [0.2, 0.25) is 0 Å². The third-order valence-electron chi connectivity index (χ3n) is 5.99. The van der Waals surface area contributed by atoms with E-state index < -0.39 is 5.97 Å². The van der Waals surface area contributed by atoms with Crippen LogP contribution in [-0.4, -0.2) is 42.5 Å². The summed E-state index contributed by atoms with van der Waals surface area (Å²) in [6.45, 7) is 9.06. The van der Waals surface area contributed by atoms with Gasteiger partial charge in [-0.1, -0.05) is 26.8 Å². The van der Waals surface area contributed by atoms with Crippen LogP contribution in [0.1, 0.15) is 48.8 Å². The number of hydrogen-bond donors (Lipinski definition) is 2. The van der Waals surface area contributed by atoms with Gasteiger partial charge in [-0.15, -0.1) is 11.3 Å². The van der Waals surface area contributed by atoms with Crippen molar-refractivity contribution >= 4 is 23.0 Å². The van der Waals surface area contributed by atoms with E-state index in [2.05, 4.69) is 49.9 Å². The Morgan fingerprint density at radius 3 is 2.39 bits per heavy atom. The standard InChI is InChI=1S/C27H31NO4S/c1-27(2,3)21-17-18(6-8-22(21)28-12-4-5-13-28)20-16-19(7-9-23(20)32-15-14-29)24-10-11-25(33-24)26(30)31/h6-11,16-17,29H,4-5,12-15H2,1-3H3,(H,30,31). The van der Waals surface area contributed by atoms with Crippen LogP contribution in [0.4, 0.5) is 5.69 Å². The number of aliphatic hydroxyl groups excluding tert-OH is 1. The summed E-state index contributed by atoms with van der Waals surface area (Å²) in [5, 5.41) is 18.6. The molecule has 4 rings (SSSR count). The predicted octanol–water partition coefficient (Wildman–Crippen LogP) is 6.05. The Balaban J connectivity index is 1.82. The normalized spacial score (nSPS) is 14.0. The van der Waals surface area contributed by atoms with Crippen molar-refractivity contribution in [1.29, 1.82) is 0 Å². The number of anilines is 1. The largest absolute Gasteiger partial charge is 0.491 e. The van der Waals surface area contributed by atoms with Gasteiger partial charge >= 0.3 is 5.97 Å². The molecule has 0 amide bonds. The van der Waals surface area contributed by atoms with Crippen molar-refractivity contribution in [3.8, 4) is 27.3 Å². The number of nitrogens with zero attached hydrogens (tertiary/aromatic N) is 1. The highest BCUT2D eigenvalue weighted by molar-refractivity contribution is 7.17. The predicted molar refractivity (Wildman–Crippen MR) is 135 cm³/mol. The molecule has 33 heavy (non-hydrogen) atoms. The van der Waals surface area contributed by atoms with E-state index in [4.69, 9.17) is 4.74 Å². The minimum Gasteiger partial charge on any atom is -0.491 e. The third kappa shape index (κ3) is 5.07. The van der Waals surface area contributed by atoms with Gasteiger partial charge in [0.15, 0.2) is 0 Å². The molecule has 3 aromatic rings. The SMILES string of the molecule is CC(C)(C)c1cc(-c2cc(-c3ccc(C(=O)O)s3)ccc2OCCO)ccc1N1CCCC1. The number of thiophene rings is 1. The molecule has 0 aliphatic carbocycles. The fourth-order valence-electron chi connectivity index (χ4n) is 4.34. The average Bonchev–Trinajstić information content (AvgIpc) is 3.49. The highest BCUT2D eigenvalue weighted by Crippen LogP contribution is 2.41. The first kappa shape index (κ1) is 23.3. The number of carbonyl (C=O) groups is 1. The zero-order chi connectivity index (χ0) is 23.6. The maximum Gasteiger partial charge on any atom is 0.345 e. The molecule has 2 heterocycles. The average molecular weight is 466 g/mol. The van der Waals surface area contributed by atoms with Gasteiger partial charge in [-0.25, -0.2) is 4.79 Å². The second kappa shape index (κ2) is 9.57. The molecule has 1 aliphatic heterocycles. The lowest BCUT2D eigenvalue weighted by molar-refractivity contribution is 0.0702. The third-order valence-corrected chi connectivity index (χ3v) is 7.11. The van der Waals surface area contributed by atoms with Crippen LogP contribution in [0.5, 0.6) is 5.75 Å². The second-order valence-electron chi connectivity index (χ2n) is 9.43. The highest BCUT2D eigenvalue weighted by atomic mass is 32.1. The Labute approximate surface area is 199 Å². The maximum atomic E-state index is 11.3. The molecule has 174 valence electrons. The molecule has 1 saturated heterocycles. The van der Waals surface area contributed by atoms with Crippen molar-refractivity contribution in [1.82, 2.24) is 0 Å². The molecule has 0 radical (unpaired) electrons. The number of carboxylic acid groups (broad SMARTS) is 1. The van der Waals surface area contributed by atoms with Gasteiger partial charge in [0, 0.05) is 29.2 Å². The molecule has 0 unspecified atom stereocenters. The first-order valence-electron chi connectivity index (χ1n) is 11.4. The summed E-state index contributed by atoms with van der Waals surface area (Å²) in [4.78, 5) is 15.0. The first-order chi connectivity index (χ1) is 15.8. The van der Waals surface area contributed by atoms with Crippen LogP contribution in [0.25, 0.3) is 21.6 Å². The van der Waals surface area contributed by atoms with Crippen LogP contribution in [-0.2, 0) is 5.41 Å².